The summed E-state index contributed by atoms with van der Waals surface area (Å²) in [5, 5.41) is 0. The summed E-state index contributed by atoms with van der Waals surface area (Å²) in [5.74, 6) is 0. The minimum atomic E-state index is -5.21. The fourth-order valence-corrected chi connectivity index (χ4v) is 2.48. The van der Waals surface area contributed by atoms with E-state index < -0.39 is 65.2 Å². The van der Waals surface area contributed by atoms with Crippen molar-refractivity contribution in [1.82, 2.24) is 0 Å². The normalized spacial score (nSPS) is 13.5. The van der Waals surface area contributed by atoms with Crippen LogP contribution in [0.25, 0.3) is 0 Å². The lowest BCUT2D eigenvalue weighted by molar-refractivity contribution is -0.144. The Bertz CT molecular complexity index is 749. The molecule has 0 atom stereocenters. The lowest BCUT2D eigenvalue weighted by atomic mass is 9.62. The van der Waals surface area contributed by atoms with Gasteiger partial charge in [0, 0.05) is 0 Å². The van der Waals surface area contributed by atoms with Crippen LogP contribution in [-0.2, 0) is 24.7 Å². The van der Waals surface area contributed by atoms with Gasteiger partial charge in [0.2, 0.25) is 0 Å². The smallest absolute Gasteiger partial charge is 0.166 e. The molecule has 2 rings (SSSR count). The van der Waals surface area contributed by atoms with E-state index in [1.54, 1.807) is 0 Å². The highest BCUT2D eigenvalue weighted by molar-refractivity contribution is 6.67. The van der Waals surface area contributed by atoms with Crippen LogP contribution in [-0.4, -0.2) is 7.28 Å². The predicted molar refractivity (Wildman–Crippen MR) is 79.3 cm³/mol. The third-order valence-corrected chi connectivity index (χ3v) is 3.70. The van der Waals surface area contributed by atoms with Gasteiger partial charge in [-0.05, 0) is 12.1 Å². The first-order chi connectivity index (χ1) is 12.9. The molecule has 29 heavy (non-hydrogen) atoms. The summed E-state index contributed by atoms with van der Waals surface area (Å²) < 4.78 is 154. The molecule has 2 aromatic carbocycles. The van der Waals surface area contributed by atoms with Crippen molar-refractivity contribution in [3.05, 3.63) is 58.7 Å². The standard InChI is InChI=1S/C16H7BF12/c18-13(19,20)7-1-8(14(21,22)23)4-11(3-7)17-12-5-9(15(24,25)26)2-10(6-12)16(27,28)29/h1-6,17H. The van der Waals surface area contributed by atoms with E-state index in [0.29, 0.717) is 0 Å². The molecule has 0 bridgehead atoms. The Kier molecular flexibility index (Phi) is 5.67. The van der Waals surface area contributed by atoms with Crippen LogP contribution in [0, 0.1) is 0 Å². The molecular weight excluding hydrogens is 431 g/mol. The Morgan fingerprint density at radius 2 is 0.586 bits per heavy atom. The molecule has 0 heterocycles. The zero-order valence-corrected chi connectivity index (χ0v) is 13.7. The first kappa shape index (κ1) is 22.9. The molecule has 0 unspecified atom stereocenters. The van der Waals surface area contributed by atoms with Gasteiger partial charge in [0.15, 0.2) is 7.28 Å². The molecule has 0 radical (unpaired) electrons. The lowest BCUT2D eigenvalue weighted by Gasteiger charge is -2.16. The second-order valence-electron chi connectivity index (χ2n) is 6.01. The molecule has 0 aliphatic rings. The van der Waals surface area contributed by atoms with E-state index in [1.165, 1.54) is 0 Å². The maximum atomic E-state index is 12.9. The molecule has 0 spiro atoms. The number of alkyl halides is 12. The molecule has 0 aliphatic carbocycles. The van der Waals surface area contributed by atoms with Crippen LogP contribution in [0.2, 0.25) is 0 Å². The zero-order valence-electron chi connectivity index (χ0n) is 13.7. The summed E-state index contributed by atoms with van der Waals surface area (Å²) in [6.45, 7) is 0. The van der Waals surface area contributed by atoms with Gasteiger partial charge >= 0.3 is 24.7 Å². The zero-order chi connectivity index (χ0) is 22.4. The number of halogens is 12. The van der Waals surface area contributed by atoms with Crippen LogP contribution in [0.4, 0.5) is 52.7 Å². The van der Waals surface area contributed by atoms with Crippen molar-refractivity contribution in [1.29, 1.82) is 0 Å². The van der Waals surface area contributed by atoms with Gasteiger partial charge in [-0.2, -0.15) is 52.7 Å². The maximum absolute atomic E-state index is 12.9. The van der Waals surface area contributed by atoms with Crippen LogP contribution in [0.5, 0.6) is 0 Å². The average Bonchev–Trinajstić information content (AvgIpc) is 2.51. The molecule has 0 saturated heterocycles. The Labute approximate surface area is 155 Å². The molecule has 0 N–H and O–H groups in total. The summed E-state index contributed by atoms with van der Waals surface area (Å²) >= 11 is 0. The van der Waals surface area contributed by atoms with Crippen LogP contribution in [0.3, 0.4) is 0 Å². The predicted octanol–water partition coefficient (Wildman–Crippen LogP) is 5.15. The summed E-state index contributed by atoms with van der Waals surface area (Å²) in [6.07, 6.45) is -20.8. The molecule has 0 amide bonds. The molecule has 0 fully saturated rings. The lowest BCUT2D eigenvalue weighted by Crippen LogP contribution is -2.31. The average molecular weight is 438 g/mol. The number of hydrogen-bond acceptors (Lipinski definition) is 0. The van der Waals surface area contributed by atoms with Crippen LogP contribution < -0.4 is 10.9 Å². The van der Waals surface area contributed by atoms with E-state index in [0.717, 1.165) is 0 Å². The van der Waals surface area contributed by atoms with Crippen molar-refractivity contribution in [3.8, 4) is 0 Å². The molecular formula is C16H7BF12. The van der Waals surface area contributed by atoms with Gasteiger partial charge in [0.25, 0.3) is 0 Å². The molecule has 158 valence electrons. The van der Waals surface area contributed by atoms with E-state index in [1.807, 2.05) is 0 Å². The molecule has 0 saturated carbocycles. The molecule has 0 aliphatic heterocycles. The second kappa shape index (κ2) is 7.17. The van der Waals surface area contributed by atoms with Crippen molar-refractivity contribution in [2.24, 2.45) is 0 Å². The van der Waals surface area contributed by atoms with Crippen molar-refractivity contribution in [3.63, 3.8) is 0 Å². The monoisotopic (exact) mass is 438 g/mol. The van der Waals surface area contributed by atoms with Crippen molar-refractivity contribution >= 4 is 18.2 Å². The van der Waals surface area contributed by atoms with E-state index in [2.05, 4.69) is 0 Å². The van der Waals surface area contributed by atoms with E-state index in [-0.39, 0.29) is 36.4 Å². The Morgan fingerprint density at radius 3 is 0.759 bits per heavy atom. The highest BCUT2D eigenvalue weighted by atomic mass is 19.4. The minimum Gasteiger partial charge on any atom is -0.166 e. The number of benzene rings is 2. The molecule has 13 heteroatoms. The second-order valence-corrected chi connectivity index (χ2v) is 6.01. The van der Waals surface area contributed by atoms with Crippen molar-refractivity contribution in [2.45, 2.75) is 24.7 Å². The van der Waals surface area contributed by atoms with Gasteiger partial charge in [-0.15, -0.1) is 0 Å². The Balaban J connectivity index is 2.61. The van der Waals surface area contributed by atoms with E-state index >= 15 is 0 Å². The van der Waals surface area contributed by atoms with Gasteiger partial charge in [-0.25, -0.2) is 0 Å². The van der Waals surface area contributed by atoms with Gasteiger partial charge in [0.05, 0.1) is 22.3 Å². The van der Waals surface area contributed by atoms with Crippen LogP contribution in [0.1, 0.15) is 22.3 Å². The fraction of sp³-hybridized carbons (Fsp3) is 0.250. The SMILES string of the molecule is FC(F)(F)c1cc(Bc2cc(C(F)(F)F)cc(C(F)(F)F)c2)cc(C(F)(F)F)c1. The van der Waals surface area contributed by atoms with Gasteiger partial charge < -0.3 is 0 Å². The van der Waals surface area contributed by atoms with Gasteiger partial charge in [-0.1, -0.05) is 35.2 Å². The van der Waals surface area contributed by atoms with Crippen LogP contribution in [0.15, 0.2) is 36.4 Å². The molecule has 0 aromatic heterocycles. The van der Waals surface area contributed by atoms with E-state index in [9.17, 15) is 52.7 Å². The van der Waals surface area contributed by atoms with Crippen LogP contribution >= 0.6 is 0 Å². The van der Waals surface area contributed by atoms with Crippen molar-refractivity contribution < 1.29 is 52.7 Å². The number of hydrogen-bond donors (Lipinski definition) is 0. The largest absolute Gasteiger partial charge is 0.416 e. The summed E-state index contributed by atoms with van der Waals surface area (Å²) in [5.41, 5.74) is -8.43. The minimum absolute atomic E-state index is 0.198. The first-order valence-corrected chi connectivity index (χ1v) is 7.44. The van der Waals surface area contributed by atoms with Gasteiger partial charge in [0.1, 0.15) is 0 Å². The highest BCUT2D eigenvalue weighted by Gasteiger charge is 2.38. The maximum Gasteiger partial charge on any atom is 0.416 e. The topological polar surface area (TPSA) is 0 Å². The van der Waals surface area contributed by atoms with Gasteiger partial charge in [-0.3, -0.25) is 0 Å². The fourth-order valence-electron chi connectivity index (χ4n) is 2.48. The molecule has 2 aromatic rings. The summed E-state index contributed by atoms with van der Waals surface area (Å²) in [7, 11) is -1.01. The third kappa shape index (κ3) is 5.83. The molecule has 0 nitrogen and oxygen atoms in total. The summed E-state index contributed by atoms with van der Waals surface area (Å²) in [4.78, 5) is 0. The first-order valence-electron chi connectivity index (χ1n) is 7.44. The summed E-state index contributed by atoms with van der Waals surface area (Å²) in [6, 6.07) is 0.560. The Morgan fingerprint density at radius 1 is 0.379 bits per heavy atom. The van der Waals surface area contributed by atoms with Crippen molar-refractivity contribution in [2.75, 3.05) is 0 Å². The Hall–Kier alpha value is -2.34. The van der Waals surface area contributed by atoms with E-state index in [4.69, 9.17) is 0 Å². The highest BCUT2D eigenvalue weighted by Crippen LogP contribution is 2.36. The third-order valence-electron chi connectivity index (χ3n) is 3.70. The quantitative estimate of drug-likeness (QED) is 0.450. The number of rotatable bonds is 2.